The fraction of sp³-hybridized carbons (Fsp3) is 0.750. The summed E-state index contributed by atoms with van der Waals surface area (Å²) in [6.45, 7) is 2.93. The Labute approximate surface area is 101 Å². The maximum atomic E-state index is 5.20. The summed E-state index contributed by atoms with van der Waals surface area (Å²) in [5.41, 5.74) is 0.117. The Hall–Kier alpha value is -0.450. The van der Waals surface area contributed by atoms with Crippen molar-refractivity contribution in [3.05, 3.63) is 16.6 Å². The molecule has 1 N–H and O–H groups in total. The van der Waals surface area contributed by atoms with E-state index in [0.717, 1.165) is 6.61 Å². The summed E-state index contributed by atoms with van der Waals surface area (Å²) in [7, 11) is 1.75. The Balaban J connectivity index is 2.10. The van der Waals surface area contributed by atoms with Crippen molar-refractivity contribution in [3.63, 3.8) is 0 Å². The highest BCUT2D eigenvalue weighted by Crippen LogP contribution is 2.39. The van der Waals surface area contributed by atoms with Crippen molar-refractivity contribution in [2.75, 3.05) is 13.7 Å². The lowest BCUT2D eigenvalue weighted by Gasteiger charge is -2.31. The zero-order chi connectivity index (χ0) is 11.4. The first-order valence-electron chi connectivity index (χ1n) is 5.93. The van der Waals surface area contributed by atoms with E-state index in [9.17, 15) is 0 Å². The van der Waals surface area contributed by atoms with Crippen molar-refractivity contribution in [1.82, 2.24) is 10.3 Å². The van der Waals surface area contributed by atoms with Crippen LogP contribution < -0.4 is 5.32 Å². The molecule has 1 saturated carbocycles. The smallest absolute Gasteiger partial charge is 0.113 e. The monoisotopic (exact) mass is 240 g/mol. The first-order valence-corrected chi connectivity index (χ1v) is 6.81. The lowest BCUT2D eigenvalue weighted by molar-refractivity contribution is 0.150. The maximum Gasteiger partial charge on any atom is 0.113 e. The van der Waals surface area contributed by atoms with Gasteiger partial charge in [-0.05, 0) is 19.8 Å². The molecule has 1 aromatic heterocycles. The third kappa shape index (κ3) is 2.44. The number of aromatic nitrogens is 1. The molecule has 1 aromatic rings. The molecule has 1 aliphatic carbocycles. The number of rotatable bonds is 5. The van der Waals surface area contributed by atoms with Crippen LogP contribution in [0.15, 0.2) is 11.6 Å². The zero-order valence-electron chi connectivity index (χ0n) is 10.0. The Bertz CT molecular complexity index is 307. The van der Waals surface area contributed by atoms with Gasteiger partial charge in [-0.1, -0.05) is 12.8 Å². The minimum absolute atomic E-state index is 0.117. The molecule has 0 aliphatic heterocycles. The SMILES string of the molecule is COCC(C)NC1(c2nccs2)CCCC1. The molecule has 1 heterocycles. The van der Waals surface area contributed by atoms with E-state index in [1.807, 2.05) is 6.20 Å². The van der Waals surface area contributed by atoms with Gasteiger partial charge in [-0.2, -0.15) is 0 Å². The average molecular weight is 240 g/mol. The number of methoxy groups -OCH3 is 1. The van der Waals surface area contributed by atoms with Gasteiger partial charge in [-0.25, -0.2) is 4.98 Å². The van der Waals surface area contributed by atoms with Gasteiger partial charge >= 0.3 is 0 Å². The van der Waals surface area contributed by atoms with Gasteiger partial charge in [-0.3, -0.25) is 0 Å². The highest BCUT2D eigenvalue weighted by atomic mass is 32.1. The summed E-state index contributed by atoms with van der Waals surface area (Å²) in [5, 5.41) is 7.03. The fourth-order valence-corrected chi connectivity index (χ4v) is 3.48. The molecule has 0 amide bonds. The van der Waals surface area contributed by atoms with Crippen LogP contribution in [0.25, 0.3) is 0 Å². The molecule has 4 heteroatoms. The quantitative estimate of drug-likeness (QED) is 0.859. The predicted octanol–water partition coefficient (Wildman–Crippen LogP) is 2.54. The van der Waals surface area contributed by atoms with E-state index < -0.39 is 0 Å². The number of nitrogens with one attached hydrogen (secondary N) is 1. The molecule has 1 unspecified atom stereocenters. The Morgan fingerprint density at radius 3 is 2.88 bits per heavy atom. The summed E-state index contributed by atoms with van der Waals surface area (Å²) < 4.78 is 5.20. The Morgan fingerprint density at radius 2 is 2.31 bits per heavy atom. The standard InChI is InChI=1S/C12H20N2OS/c1-10(9-15-2)14-12(5-3-4-6-12)11-13-7-8-16-11/h7-8,10,14H,3-6,9H2,1-2H3. The number of thiazole rings is 1. The van der Waals surface area contributed by atoms with Gasteiger partial charge in [0.2, 0.25) is 0 Å². The third-order valence-corrected chi connectivity index (χ3v) is 4.22. The normalized spacial score (nSPS) is 21.1. The topological polar surface area (TPSA) is 34.1 Å². The number of ether oxygens (including phenoxy) is 1. The lowest BCUT2D eigenvalue weighted by atomic mass is 9.97. The van der Waals surface area contributed by atoms with Crippen molar-refractivity contribution < 1.29 is 4.74 Å². The highest BCUT2D eigenvalue weighted by Gasteiger charge is 2.38. The van der Waals surface area contributed by atoms with Crippen LogP contribution in [0.5, 0.6) is 0 Å². The van der Waals surface area contributed by atoms with Crippen LogP contribution in [0.2, 0.25) is 0 Å². The van der Waals surface area contributed by atoms with Gasteiger partial charge in [-0.15, -0.1) is 11.3 Å². The van der Waals surface area contributed by atoms with Crippen molar-refractivity contribution in [2.45, 2.75) is 44.2 Å². The summed E-state index contributed by atoms with van der Waals surface area (Å²) in [5.74, 6) is 0. The third-order valence-electron chi connectivity index (χ3n) is 3.24. The van der Waals surface area contributed by atoms with Crippen molar-refractivity contribution in [3.8, 4) is 0 Å². The van der Waals surface area contributed by atoms with Gasteiger partial charge in [0.1, 0.15) is 5.01 Å². The van der Waals surface area contributed by atoms with Gasteiger partial charge in [0.15, 0.2) is 0 Å². The fourth-order valence-electron chi connectivity index (χ4n) is 2.62. The lowest BCUT2D eigenvalue weighted by Crippen LogP contribution is -2.46. The number of nitrogens with zero attached hydrogens (tertiary/aromatic N) is 1. The van der Waals surface area contributed by atoms with Crippen LogP contribution in [0, 0.1) is 0 Å². The molecule has 0 aromatic carbocycles. The van der Waals surface area contributed by atoms with Gasteiger partial charge in [0.25, 0.3) is 0 Å². The molecule has 0 saturated heterocycles. The second-order valence-corrected chi connectivity index (χ2v) is 5.52. The Morgan fingerprint density at radius 1 is 1.56 bits per heavy atom. The van der Waals surface area contributed by atoms with Crippen LogP contribution in [-0.4, -0.2) is 24.7 Å². The minimum atomic E-state index is 0.117. The molecule has 16 heavy (non-hydrogen) atoms. The van der Waals surface area contributed by atoms with Crippen LogP contribution in [-0.2, 0) is 10.3 Å². The first-order chi connectivity index (χ1) is 7.77. The van der Waals surface area contributed by atoms with Crippen LogP contribution >= 0.6 is 11.3 Å². The molecular formula is C12H20N2OS. The molecule has 2 rings (SSSR count). The van der Waals surface area contributed by atoms with Crippen molar-refractivity contribution in [1.29, 1.82) is 0 Å². The molecule has 1 fully saturated rings. The molecule has 0 bridgehead atoms. The summed E-state index contributed by atoms with van der Waals surface area (Å²) in [6.07, 6.45) is 6.91. The molecule has 1 aliphatic rings. The molecule has 0 radical (unpaired) electrons. The first kappa shape index (κ1) is 12.0. The maximum absolute atomic E-state index is 5.20. The average Bonchev–Trinajstić information content (AvgIpc) is 2.86. The summed E-state index contributed by atoms with van der Waals surface area (Å²) in [6, 6.07) is 0.381. The van der Waals surface area contributed by atoms with Crippen LogP contribution in [0.1, 0.15) is 37.6 Å². The van der Waals surface area contributed by atoms with Gasteiger partial charge in [0, 0.05) is 24.7 Å². The minimum Gasteiger partial charge on any atom is -0.383 e. The molecule has 3 nitrogen and oxygen atoms in total. The molecule has 90 valence electrons. The van der Waals surface area contributed by atoms with E-state index >= 15 is 0 Å². The van der Waals surface area contributed by atoms with Crippen molar-refractivity contribution in [2.24, 2.45) is 0 Å². The van der Waals surface area contributed by atoms with E-state index in [2.05, 4.69) is 22.6 Å². The summed E-state index contributed by atoms with van der Waals surface area (Å²) >= 11 is 1.76. The van der Waals surface area contributed by atoms with E-state index in [1.54, 1.807) is 18.4 Å². The van der Waals surface area contributed by atoms with Crippen molar-refractivity contribution >= 4 is 11.3 Å². The number of hydrogen-bond donors (Lipinski definition) is 1. The zero-order valence-corrected chi connectivity index (χ0v) is 10.8. The van der Waals surface area contributed by atoms with E-state index in [1.165, 1.54) is 30.7 Å². The predicted molar refractivity (Wildman–Crippen MR) is 66.7 cm³/mol. The number of hydrogen-bond acceptors (Lipinski definition) is 4. The molecule has 0 spiro atoms. The summed E-state index contributed by atoms with van der Waals surface area (Å²) in [4.78, 5) is 4.50. The van der Waals surface area contributed by atoms with E-state index in [4.69, 9.17) is 4.74 Å². The Kier molecular flexibility index (Phi) is 3.95. The van der Waals surface area contributed by atoms with Crippen LogP contribution in [0.4, 0.5) is 0 Å². The van der Waals surface area contributed by atoms with Gasteiger partial charge < -0.3 is 10.1 Å². The van der Waals surface area contributed by atoms with E-state index in [-0.39, 0.29) is 5.54 Å². The molecule has 1 atom stereocenters. The second-order valence-electron chi connectivity index (χ2n) is 4.63. The van der Waals surface area contributed by atoms with Gasteiger partial charge in [0.05, 0.1) is 12.1 Å². The largest absolute Gasteiger partial charge is 0.383 e. The molecular weight excluding hydrogens is 220 g/mol. The highest BCUT2D eigenvalue weighted by molar-refractivity contribution is 7.09. The second kappa shape index (κ2) is 5.25. The van der Waals surface area contributed by atoms with Crippen LogP contribution in [0.3, 0.4) is 0 Å². The van der Waals surface area contributed by atoms with E-state index in [0.29, 0.717) is 6.04 Å².